The molecular formula is C12H11ClO3. The van der Waals surface area contributed by atoms with E-state index in [9.17, 15) is 4.79 Å². The average Bonchev–Trinajstić information content (AvgIpc) is 2.26. The van der Waals surface area contributed by atoms with Gasteiger partial charge in [0.15, 0.2) is 11.5 Å². The highest BCUT2D eigenvalue weighted by Gasteiger charge is 2.12. The lowest BCUT2D eigenvalue weighted by molar-refractivity contribution is 0.108. The summed E-state index contributed by atoms with van der Waals surface area (Å²) in [6.07, 6.45) is 5.11. The number of carbonyl (C=O) groups is 1. The number of hydrogen-bond donors (Lipinski definition) is 0. The van der Waals surface area contributed by atoms with Crippen molar-refractivity contribution in [1.82, 2.24) is 0 Å². The topological polar surface area (TPSA) is 35.5 Å². The summed E-state index contributed by atoms with van der Waals surface area (Å²) in [4.78, 5) is 11.0. The molecule has 0 N–H and O–H groups in total. The first-order valence-corrected chi connectivity index (χ1v) is 4.92. The van der Waals surface area contributed by atoms with Crippen molar-refractivity contribution < 1.29 is 14.3 Å². The van der Waals surface area contributed by atoms with Crippen molar-refractivity contribution >= 4 is 16.8 Å². The fourth-order valence-corrected chi connectivity index (χ4v) is 1.41. The zero-order valence-electron chi connectivity index (χ0n) is 9.04. The molecule has 84 valence electrons. The number of terminal acetylenes is 1. The number of ether oxygens (including phenoxy) is 2. The van der Waals surface area contributed by atoms with Gasteiger partial charge in [-0.05, 0) is 36.2 Å². The molecule has 0 amide bonds. The van der Waals surface area contributed by atoms with Gasteiger partial charge in [-0.25, -0.2) is 0 Å². The molecule has 3 nitrogen and oxygen atoms in total. The first-order valence-electron chi connectivity index (χ1n) is 4.55. The molecule has 0 radical (unpaired) electrons. The lowest BCUT2D eigenvalue weighted by atomic mass is 10.1. The van der Waals surface area contributed by atoms with Gasteiger partial charge in [0.05, 0.1) is 7.11 Å². The Balaban J connectivity index is 3.18. The van der Waals surface area contributed by atoms with Crippen LogP contribution in [0.3, 0.4) is 0 Å². The van der Waals surface area contributed by atoms with Crippen molar-refractivity contribution in [1.29, 1.82) is 0 Å². The van der Waals surface area contributed by atoms with Crippen LogP contribution in [0.2, 0.25) is 0 Å². The van der Waals surface area contributed by atoms with Gasteiger partial charge < -0.3 is 9.47 Å². The zero-order chi connectivity index (χ0) is 12.1. The van der Waals surface area contributed by atoms with Crippen LogP contribution in [0, 0.1) is 19.3 Å². The molecule has 0 aliphatic carbocycles. The summed E-state index contributed by atoms with van der Waals surface area (Å²) in [7, 11) is 1.49. The molecule has 0 unspecified atom stereocenters. The van der Waals surface area contributed by atoms with E-state index in [1.165, 1.54) is 13.2 Å². The largest absolute Gasteiger partial charge is 0.493 e. The highest BCUT2D eigenvalue weighted by atomic mass is 35.5. The molecule has 0 fully saturated rings. The second-order valence-electron chi connectivity index (χ2n) is 3.09. The monoisotopic (exact) mass is 238 g/mol. The van der Waals surface area contributed by atoms with E-state index in [-0.39, 0.29) is 6.61 Å². The molecule has 0 aromatic heterocycles. The minimum Gasteiger partial charge on any atom is -0.493 e. The van der Waals surface area contributed by atoms with Crippen LogP contribution in [0.1, 0.15) is 15.9 Å². The van der Waals surface area contributed by atoms with E-state index in [2.05, 4.69) is 5.92 Å². The van der Waals surface area contributed by atoms with Crippen LogP contribution in [-0.2, 0) is 0 Å². The van der Waals surface area contributed by atoms with Crippen LogP contribution < -0.4 is 9.47 Å². The van der Waals surface area contributed by atoms with Crippen LogP contribution in [-0.4, -0.2) is 19.0 Å². The normalized spacial score (nSPS) is 9.38. The molecule has 1 aromatic rings. The third-order valence-corrected chi connectivity index (χ3v) is 2.21. The standard InChI is InChI=1S/C12H11ClO3/c1-4-5-16-11-8(2)6-9(12(13)14)7-10(11)15-3/h1,6-7H,5H2,2-3H3. The predicted octanol–water partition coefficient (Wildman–Crippen LogP) is 2.39. The molecule has 16 heavy (non-hydrogen) atoms. The summed E-state index contributed by atoms with van der Waals surface area (Å²) < 4.78 is 10.4. The molecule has 1 rings (SSSR count). The first kappa shape index (κ1) is 12.4. The molecule has 0 saturated heterocycles. The molecule has 0 atom stereocenters. The molecule has 0 spiro atoms. The lowest BCUT2D eigenvalue weighted by Crippen LogP contribution is -2.01. The van der Waals surface area contributed by atoms with Gasteiger partial charge in [-0.2, -0.15) is 0 Å². The Hall–Kier alpha value is -1.66. The van der Waals surface area contributed by atoms with E-state index in [0.29, 0.717) is 17.1 Å². The third-order valence-electron chi connectivity index (χ3n) is 1.99. The quantitative estimate of drug-likeness (QED) is 0.597. The lowest BCUT2D eigenvalue weighted by Gasteiger charge is -2.12. The predicted molar refractivity (Wildman–Crippen MR) is 62.2 cm³/mol. The molecule has 0 saturated carbocycles. The van der Waals surface area contributed by atoms with Crippen LogP contribution in [0.25, 0.3) is 0 Å². The first-order chi connectivity index (χ1) is 7.60. The van der Waals surface area contributed by atoms with Gasteiger partial charge in [-0.3, -0.25) is 4.79 Å². The summed E-state index contributed by atoms with van der Waals surface area (Å²) in [6.45, 7) is 1.93. The van der Waals surface area contributed by atoms with Crippen molar-refractivity contribution in [2.45, 2.75) is 6.92 Å². The zero-order valence-corrected chi connectivity index (χ0v) is 9.80. The van der Waals surface area contributed by atoms with Crippen LogP contribution in [0.5, 0.6) is 11.5 Å². The SMILES string of the molecule is C#CCOc1c(C)cc(C(=O)Cl)cc1OC. The molecule has 0 aliphatic heterocycles. The molecule has 4 heteroatoms. The van der Waals surface area contributed by atoms with Crippen LogP contribution in [0.15, 0.2) is 12.1 Å². The van der Waals surface area contributed by atoms with Crippen LogP contribution >= 0.6 is 11.6 Å². The van der Waals surface area contributed by atoms with Gasteiger partial charge in [0.1, 0.15) is 6.61 Å². The van der Waals surface area contributed by atoms with Gasteiger partial charge in [0.2, 0.25) is 0 Å². The smallest absolute Gasteiger partial charge is 0.252 e. The molecule has 0 heterocycles. The Morgan fingerprint density at radius 2 is 2.25 bits per heavy atom. The second-order valence-corrected chi connectivity index (χ2v) is 3.43. The number of rotatable bonds is 4. The maximum absolute atomic E-state index is 11.0. The third kappa shape index (κ3) is 2.68. The van der Waals surface area contributed by atoms with E-state index < -0.39 is 5.24 Å². The second kappa shape index (κ2) is 5.43. The van der Waals surface area contributed by atoms with Crippen molar-refractivity contribution in [2.75, 3.05) is 13.7 Å². The Bertz CT molecular complexity index is 446. The highest BCUT2D eigenvalue weighted by Crippen LogP contribution is 2.32. The summed E-state index contributed by atoms with van der Waals surface area (Å²) in [5.74, 6) is 3.33. The summed E-state index contributed by atoms with van der Waals surface area (Å²) in [5, 5.41) is -0.537. The Kier molecular flexibility index (Phi) is 4.21. The number of halogens is 1. The minimum atomic E-state index is -0.537. The van der Waals surface area contributed by atoms with E-state index in [1.54, 1.807) is 13.0 Å². The van der Waals surface area contributed by atoms with E-state index in [4.69, 9.17) is 27.5 Å². The Morgan fingerprint density at radius 1 is 1.56 bits per heavy atom. The maximum Gasteiger partial charge on any atom is 0.252 e. The Morgan fingerprint density at radius 3 is 2.75 bits per heavy atom. The van der Waals surface area contributed by atoms with Gasteiger partial charge >= 0.3 is 0 Å². The number of carbonyl (C=O) groups excluding carboxylic acids is 1. The minimum absolute atomic E-state index is 0.144. The van der Waals surface area contributed by atoms with E-state index in [1.807, 2.05) is 0 Å². The van der Waals surface area contributed by atoms with Crippen molar-refractivity contribution in [2.24, 2.45) is 0 Å². The summed E-state index contributed by atoms with van der Waals surface area (Å²) >= 11 is 5.39. The van der Waals surface area contributed by atoms with Crippen molar-refractivity contribution in [3.8, 4) is 23.8 Å². The number of methoxy groups -OCH3 is 1. The summed E-state index contributed by atoms with van der Waals surface area (Å²) in [5.41, 5.74) is 1.11. The average molecular weight is 239 g/mol. The molecule has 0 aliphatic rings. The fourth-order valence-electron chi connectivity index (χ4n) is 1.31. The Labute approximate surface area is 99.3 Å². The molecule has 0 bridgehead atoms. The van der Waals surface area contributed by atoms with Gasteiger partial charge in [-0.15, -0.1) is 6.42 Å². The summed E-state index contributed by atoms with van der Waals surface area (Å²) in [6, 6.07) is 3.15. The number of benzene rings is 1. The highest BCUT2D eigenvalue weighted by molar-refractivity contribution is 6.67. The van der Waals surface area contributed by atoms with Crippen molar-refractivity contribution in [3.05, 3.63) is 23.3 Å². The number of aryl methyl sites for hydroxylation is 1. The maximum atomic E-state index is 11.0. The van der Waals surface area contributed by atoms with Gasteiger partial charge in [0.25, 0.3) is 5.24 Å². The van der Waals surface area contributed by atoms with Gasteiger partial charge in [0, 0.05) is 5.56 Å². The molecule has 1 aromatic carbocycles. The van der Waals surface area contributed by atoms with Crippen LogP contribution in [0.4, 0.5) is 0 Å². The van der Waals surface area contributed by atoms with E-state index >= 15 is 0 Å². The number of hydrogen-bond acceptors (Lipinski definition) is 3. The van der Waals surface area contributed by atoms with E-state index in [0.717, 1.165) is 5.56 Å². The van der Waals surface area contributed by atoms with Crippen molar-refractivity contribution in [3.63, 3.8) is 0 Å². The van der Waals surface area contributed by atoms with Gasteiger partial charge in [-0.1, -0.05) is 5.92 Å². The fraction of sp³-hybridized carbons (Fsp3) is 0.250. The molecular weight excluding hydrogens is 228 g/mol.